The normalized spacial score (nSPS) is 12.5. The van der Waals surface area contributed by atoms with Crippen LogP contribution in [-0.4, -0.2) is 7.05 Å². The molecule has 1 N–H and O–H groups in total. The third kappa shape index (κ3) is 2.88. The van der Waals surface area contributed by atoms with Crippen molar-refractivity contribution in [2.75, 3.05) is 7.05 Å². The first-order chi connectivity index (χ1) is 9.43. The fraction of sp³-hybridized carbons (Fsp3) is 0.200. The Morgan fingerprint density at radius 1 is 1.00 bits per heavy atom. The molecule has 0 saturated carbocycles. The van der Waals surface area contributed by atoms with E-state index in [4.69, 9.17) is 0 Å². The quantitative estimate of drug-likeness (QED) is 0.810. The van der Waals surface area contributed by atoms with Gasteiger partial charge in [-0.25, -0.2) is 13.2 Å². The van der Waals surface area contributed by atoms with Crippen molar-refractivity contribution in [3.63, 3.8) is 0 Å². The largest absolute Gasteiger partial charge is 0.309 e. The molecule has 0 fully saturated rings. The average Bonchev–Trinajstić information content (AvgIpc) is 2.38. The summed E-state index contributed by atoms with van der Waals surface area (Å²) in [5, 5.41) is 2.94. The third-order valence-corrected chi connectivity index (χ3v) is 3.79. The minimum Gasteiger partial charge on any atom is -0.309 e. The second kappa shape index (κ2) is 5.97. The molecule has 0 aliphatic carbocycles. The fourth-order valence-corrected chi connectivity index (χ4v) is 2.52. The number of halogens is 4. The van der Waals surface area contributed by atoms with E-state index in [0.717, 1.165) is 12.1 Å². The van der Waals surface area contributed by atoms with Crippen molar-refractivity contribution in [2.45, 2.75) is 13.0 Å². The number of hydrogen-bond acceptors (Lipinski definition) is 1. The van der Waals surface area contributed by atoms with Crippen LogP contribution in [0.15, 0.2) is 34.8 Å². The van der Waals surface area contributed by atoms with Gasteiger partial charge in [0.25, 0.3) is 0 Å². The standard InChI is InChI=1S/C15H13BrF3N/c1-8-5-9(17)3-4-10(8)15(20-2)11-6-14(19)12(16)7-13(11)18/h3-7,15,20H,1-2H3. The number of rotatable bonds is 3. The lowest BCUT2D eigenvalue weighted by Gasteiger charge is -2.20. The molecule has 0 spiro atoms. The highest BCUT2D eigenvalue weighted by atomic mass is 79.9. The summed E-state index contributed by atoms with van der Waals surface area (Å²) in [6.45, 7) is 1.73. The minimum absolute atomic E-state index is 0.0735. The Morgan fingerprint density at radius 2 is 1.70 bits per heavy atom. The van der Waals surface area contributed by atoms with Crippen LogP contribution in [0.3, 0.4) is 0 Å². The molecular formula is C15H13BrF3N. The number of aryl methyl sites for hydroxylation is 1. The van der Waals surface area contributed by atoms with Gasteiger partial charge in [0.2, 0.25) is 0 Å². The molecule has 0 aliphatic heterocycles. The molecule has 1 unspecified atom stereocenters. The Balaban J connectivity index is 2.55. The van der Waals surface area contributed by atoms with Crippen molar-refractivity contribution < 1.29 is 13.2 Å². The van der Waals surface area contributed by atoms with Crippen molar-refractivity contribution in [2.24, 2.45) is 0 Å². The zero-order chi connectivity index (χ0) is 14.9. The second-order valence-corrected chi connectivity index (χ2v) is 5.36. The van der Waals surface area contributed by atoms with E-state index < -0.39 is 17.7 Å². The van der Waals surface area contributed by atoms with Gasteiger partial charge in [0.1, 0.15) is 17.5 Å². The molecule has 0 heterocycles. The van der Waals surface area contributed by atoms with Gasteiger partial charge >= 0.3 is 0 Å². The van der Waals surface area contributed by atoms with E-state index in [1.54, 1.807) is 20.0 Å². The molecule has 5 heteroatoms. The Kier molecular flexibility index (Phi) is 4.50. The summed E-state index contributed by atoms with van der Waals surface area (Å²) in [6.07, 6.45) is 0. The van der Waals surface area contributed by atoms with E-state index in [2.05, 4.69) is 21.2 Å². The van der Waals surface area contributed by atoms with Gasteiger partial charge in [0.05, 0.1) is 10.5 Å². The van der Waals surface area contributed by atoms with E-state index in [1.807, 2.05) is 0 Å². The summed E-state index contributed by atoms with van der Waals surface area (Å²) >= 11 is 2.95. The Morgan fingerprint density at radius 3 is 2.30 bits per heavy atom. The molecule has 0 aromatic heterocycles. The van der Waals surface area contributed by atoms with E-state index >= 15 is 0 Å². The first kappa shape index (κ1) is 15.1. The molecule has 0 amide bonds. The topological polar surface area (TPSA) is 12.0 Å². The van der Waals surface area contributed by atoms with Crippen molar-refractivity contribution in [3.05, 3.63) is 68.9 Å². The van der Waals surface area contributed by atoms with Gasteiger partial charge in [0, 0.05) is 5.56 Å². The average molecular weight is 344 g/mol. The molecule has 2 aromatic carbocycles. The first-order valence-electron chi connectivity index (χ1n) is 6.01. The lowest BCUT2D eigenvalue weighted by Crippen LogP contribution is -2.20. The molecule has 0 saturated heterocycles. The van der Waals surface area contributed by atoms with Crippen molar-refractivity contribution in [3.8, 4) is 0 Å². The van der Waals surface area contributed by atoms with Gasteiger partial charge in [-0.05, 0) is 65.3 Å². The summed E-state index contributed by atoms with van der Waals surface area (Å²) in [6, 6.07) is 5.94. The summed E-state index contributed by atoms with van der Waals surface area (Å²) < 4.78 is 40.9. The van der Waals surface area contributed by atoms with Gasteiger partial charge in [-0.1, -0.05) is 6.07 Å². The van der Waals surface area contributed by atoms with Crippen LogP contribution in [0.2, 0.25) is 0 Å². The molecule has 2 rings (SSSR count). The molecular weight excluding hydrogens is 331 g/mol. The van der Waals surface area contributed by atoms with E-state index in [1.165, 1.54) is 12.1 Å². The second-order valence-electron chi connectivity index (χ2n) is 4.51. The minimum atomic E-state index is -0.543. The van der Waals surface area contributed by atoms with Crippen LogP contribution in [-0.2, 0) is 0 Å². The fourth-order valence-electron chi connectivity index (χ4n) is 2.20. The summed E-state index contributed by atoms with van der Waals surface area (Å²) in [7, 11) is 1.65. The third-order valence-electron chi connectivity index (χ3n) is 3.18. The van der Waals surface area contributed by atoms with Gasteiger partial charge in [-0.2, -0.15) is 0 Å². The van der Waals surface area contributed by atoms with Crippen LogP contribution in [0, 0.1) is 24.4 Å². The van der Waals surface area contributed by atoms with Crippen molar-refractivity contribution in [1.29, 1.82) is 0 Å². The zero-order valence-electron chi connectivity index (χ0n) is 11.0. The number of hydrogen-bond donors (Lipinski definition) is 1. The summed E-state index contributed by atoms with van der Waals surface area (Å²) in [4.78, 5) is 0. The van der Waals surface area contributed by atoms with Crippen LogP contribution in [0.1, 0.15) is 22.7 Å². The molecule has 0 bridgehead atoms. The summed E-state index contributed by atoms with van der Waals surface area (Å²) in [5.41, 5.74) is 1.56. The van der Waals surface area contributed by atoms with Crippen LogP contribution in [0.5, 0.6) is 0 Å². The highest BCUT2D eigenvalue weighted by molar-refractivity contribution is 9.10. The highest BCUT2D eigenvalue weighted by Crippen LogP contribution is 2.30. The van der Waals surface area contributed by atoms with Crippen LogP contribution >= 0.6 is 15.9 Å². The maximum Gasteiger partial charge on any atom is 0.137 e. The van der Waals surface area contributed by atoms with Crippen LogP contribution < -0.4 is 5.32 Å². The Labute approximate surface area is 123 Å². The molecule has 2 aromatic rings. The molecule has 0 radical (unpaired) electrons. The Bertz CT molecular complexity index is 643. The van der Waals surface area contributed by atoms with E-state index in [-0.39, 0.29) is 15.9 Å². The van der Waals surface area contributed by atoms with Crippen LogP contribution in [0.25, 0.3) is 0 Å². The first-order valence-corrected chi connectivity index (χ1v) is 6.81. The summed E-state index contributed by atoms with van der Waals surface area (Å²) in [5.74, 6) is -1.42. The molecule has 0 aliphatic rings. The predicted octanol–water partition coefficient (Wildman–Crippen LogP) is 4.48. The maximum atomic E-state index is 14.1. The molecule has 20 heavy (non-hydrogen) atoms. The molecule has 1 nitrogen and oxygen atoms in total. The van der Waals surface area contributed by atoms with Crippen molar-refractivity contribution in [1.82, 2.24) is 5.32 Å². The van der Waals surface area contributed by atoms with Crippen LogP contribution in [0.4, 0.5) is 13.2 Å². The lowest BCUT2D eigenvalue weighted by molar-refractivity contribution is 0.553. The van der Waals surface area contributed by atoms with Gasteiger partial charge in [-0.3, -0.25) is 0 Å². The SMILES string of the molecule is CNC(c1ccc(F)cc1C)c1cc(F)c(Br)cc1F. The lowest BCUT2D eigenvalue weighted by atomic mass is 9.94. The predicted molar refractivity (Wildman–Crippen MR) is 76.1 cm³/mol. The number of nitrogens with one attached hydrogen (secondary N) is 1. The van der Waals surface area contributed by atoms with E-state index in [0.29, 0.717) is 11.1 Å². The maximum absolute atomic E-state index is 14.1. The zero-order valence-corrected chi connectivity index (χ0v) is 12.6. The number of benzene rings is 2. The van der Waals surface area contributed by atoms with Crippen molar-refractivity contribution >= 4 is 15.9 Å². The smallest absolute Gasteiger partial charge is 0.137 e. The molecule has 106 valence electrons. The molecule has 1 atom stereocenters. The monoisotopic (exact) mass is 343 g/mol. The van der Waals surface area contributed by atoms with E-state index in [9.17, 15) is 13.2 Å². The Hall–Kier alpha value is -1.33. The van der Waals surface area contributed by atoms with Gasteiger partial charge in [0.15, 0.2) is 0 Å². The van der Waals surface area contributed by atoms with Gasteiger partial charge < -0.3 is 5.32 Å². The highest BCUT2D eigenvalue weighted by Gasteiger charge is 2.20. The van der Waals surface area contributed by atoms with Gasteiger partial charge in [-0.15, -0.1) is 0 Å².